The van der Waals surface area contributed by atoms with E-state index in [1.807, 2.05) is 30.3 Å². The average molecular weight is 538 g/mol. The van der Waals surface area contributed by atoms with Gasteiger partial charge in [0.15, 0.2) is 12.6 Å². The number of carbonyl (C=O) groups is 1. The fraction of sp³-hybridized carbons (Fsp3) is 0.417. The summed E-state index contributed by atoms with van der Waals surface area (Å²) in [7, 11) is 3.43. The summed E-state index contributed by atoms with van der Waals surface area (Å²) in [5.41, 5.74) is 2.28. The first-order chi connectivity index (χ1) is 14.3. The number of hydrogen-bond donors (Lipinski definition) is 2. The average Bonchev–Trinajstić information content (AvgIpc) is 2.75. The monoisotopic (exact) mass is 538 g/mol. The molecule has 1 amide bonds. The van der Waals surface area contributed by atoms with Gasteiger partial charge < -0.3 is 20.3 Å². The fourth-order valence-corrected chi connectivity index (χ4v) is 2.82. The molecule has 6 nitrogen and oxygen atoms in total. The molecule has 0 fully saturated rings. The Kier molecular flexibility index (Phi) is 11.4. The fourth-order valence-electron chi connectivity index (χ4n) is 2.82. The molecule has 2 N–H and O–H groups in total. The highest BCUT2D eigenvalue weighted by Crippen LogP contribution is 2.21. The van der Waals surface area contributed by atoms with Crippen LogP contribution in [0.15, 0.2) is 59.6 Å². The van der Waals surface area contributed by atoms with Crippen molar-refractivity contribution < 1.29 is 9.53 Å². The third-order valence-electron chi connectivity index (χ3n) is 4.78. The second kappa shape index (κ2) is 13.2. The van der Waals surface area contributed by atoms with Crippen LogP contribution in [0.2, 0.25) is 0 Å². The molecule has 0 saturated carbocycles. The maximum Gasteiger partial charge on any atom is 0.259 e. The third kappa shape index (κ3) is 9.16. The van der Waals surface area contributed by atoms with Crippen LogP contribution in [0.5, 0.6) is 5.75 Å². The van der Waals surface area contributed by atoms with Crippen molar-refractivity contribution in [1.82, 2.24) is 15.5 Å². The van der Waals surface area contributed by atoms with Gasteiger partial charge in [0.2, 0.25) is 0 Å². The molecule has 0 aliphatic rings. The highest BCUT2D eigenvalue weighted by molar-refractivity contribution is 14.0. The summed E-state index contributed by atoms with van der Waals surface area (Å²) in [6.45, 7) is 8.57. The first-order valence-corrected chi connectivity index (χ1v) is 10.3. The van der Waals surface area contributed by atoms with Gasteiger partial charge in [-0.05, 0) is 30.2 Å². The molecule has 0 atom stereocenters. The van der Waals surface area contributed by atoms with Crippen LogP contribution in [0.25, 0.3) is 0 Å². The summed E-state index contributed by atoms with van der Waals surface area (Å²) in [4.78, 5) is 17.9. The van der Waals surface area contributed by atoms with Crippen LogP contribution in [0.4, 0.5) is 0 Å². The first kappa shape index (κ1) is 26.7. The van der Waals surface area contributed by atoms with Crippen LogP contribution >= 0.6 is 24.0 Å². The molecular formula is C24H35IN4O2. The molecule has 0 spiro atoms. The number of carbonyl (C=O) groups excluding carboxylic acids is 1. The van der Waals surface area contributed by atoms with Crippen molar-refractivity contribution in [2.24, 2.45) is 4.99 Å². The molecule has 2 aromatic carbocycles. The van der Waals surface area contributed by atoms with E-state index in [4.69, 9.17) is 9.73 Å². The van der Waals surface area contributed by atoms with E-state index >= 15 is 0 Å². The maximum atomic E-state index is 11.7. The minimum atomic E-state index is -0.0712. The molecule has 0 unspecified atom stereocenters. The lowest BCUT2D eigenvalue weighted by Crippen LogP contribution is -2.43. The molecule has 0 saturated heterocycles. The van der Waals surface area contributed by atoms with Crippen LogP contribution < -0.4 is 15.4 Å². The molecule has 7 heteroatoms. The molecule has 2 rings (SSSR count). The van der Waals surface area contributed by atoms with Crippen LogP contribution in [-0.4, -0.2) is 50.6 Å². The molecule has 31 heavy (non-hydrogen) atoms. The second-order valence-electron chi connectivity index (χ2n) is 8.02. The van der Waals surface area contributed by atoms with Crippen molar-refractivity contribution >= 4 is 35.8 Å². The first-order valence-electron chi connectivity index (χ1n) is 10.3. The Balaban J connectivity index is 0.00000480. The zero-order chi connectivity index (χ0) is 22.0. The van der Waals surface area contributed by atoms with Crippen LogP contribution in [0, 0.1) is 0 Å². The summed E-state index contributed by atoms with van der Waals surface area (Å²) < 4.78 is 5.59. The van der Waals surface area contributed by atoms with Crippen molar-refractivity contribution in [1.29, 1.82) is 0 Å². The van der Waals surface area contributed by atoms with E-state index in [-0.39, 0.29) is 41.9 Å². The zero-order valence-electron chi connectivity index (χ0n) is 19.1. The molecule has 0 aromatic heterocycles. The van der Waals surface area contributed by atoms with Crippen LogP contribution in [0.3, 0.4) is 0 Å². The van der Waals surface area contributed by atoms with E-state index < -0.39 is 0 Å². The molecule has 0 heterocycles. The van der Waals surface area contributed by atoms with Gasteiger partial charge >= 0.3 is 0 Å². The number of halogens is 1. The lowest BCUT2D eigenvalue weighted by molar-refractivity contribution is -0.130. The smallest absolute Gasteiger partial charge is 0.259 e. The predicted octanol–water partition coefficient (Wildman–Crippen LogP) is 3.80. The number of nitrogens with one attached hydrogen (secondary N) is 2. The van der Waals surface area contributed by atoms with E-state index in [1.165, 1.54) is 10.5 Å². The summed E-state index contributed by atoms with van der Waals surface area (Å²) in [6, 6.07) is 18.2. The summed E-state index contributed by atoms with van der Waals surface area (Å²) in [5, 5.41) is 6.76. The molecule has 0 radical (unpaired) electrons. The van der Waals surface area contributed by atoms with Gasteiger partial charge in [-0.3, -0.25) is 4.79 Å². The van der Waals surface area contributed by atoms with E-state index in [9.17, 15) is 4.79 Å². The van der Waals surface area contributed by atoms with Crippen molar-refractivity contribution in [2.45, 2.75) is 32.7 Å². The lowest BCUT2D eigenvalue weighted by Gasteiger charge is -2.26. The quantitative estimate of drug-likeness (QED) is 0.290. The molecule has 0 aliphatic heterocycles. The highest BCUT2D eigenvalue weighted by atomic mass is 127. The van der Waals surface area contributed by atoms with E-state index in [0.717, 1.165) is 24.6 Å². The number of hydrogen-bond acceptors (Lipinski definition) is 3. The minimum absolute atomic E-state index is 0. The summed E-state index contributed by atoms with van der Waals surface area (Å²) in [6.07, 6.45) is 0. The van der Waals surface area contributed by atoms with Gasteiger partial charge in [-0.1, -0.05) is 56.3 Å². The molecular weight excluding hydrogens is 503 g/mol. The van der Waals surface area contributed by atoms with Crippen molar-refractivity contribution in [3.8, 4) is 5.75 Å². The minimum Gasteiger partial charge on any atom is -0.484 e. The third-order valence-corrected chi connectivity index (χ3v) is 4.78. The number of rotatable bonds is 9. The standard InChI is InChI=1S/C24H34N4O2.HI/c1-6-25-23(27-18-24(2,3)20-12-8-7-9-13-20)26-16-19-11-10-14-21(15-19)30-17-22(29)28(4)5;/h7-15H,6,16-18H2,1-5H3,(H2,25,26,27);1H. The molecule has 170 valence electrons. The topological polar surface area (TPSA) is 66.0 Å². The van der Waals surface area contributed by atoms with Crippen molar-refractivity contribution in [2.75, 3.05) is 33.8 Å². The zero-order valence-corrected chi connectivity index (χ0v) is 21.5. The van der Waals surface area contributed by atoms with Gasteiger partial charge in [0.25, 0.3) is 5.91 Å². The van der Waals surface area contributed by atoms with Gasteiger partial charge in [0.05, 0.1) is 6.54 Å². The van der Waals surface area contributed by atoms with Gasteiger partial charge in [-0.15, -0.1) is 24.0 Å². The molecule has 0 bridgehead atoms. The number of guanidine groups is 1. The number of nitrogens with zero attached hydrogens (tertiary/aromatic N) is 2. The Morgan fingerprint density at radius 3 is 2.42 bits per heavy atom. The van der Waals surface area contributed by atoms with E-state index in [2.05, 4.69) is 55.7 Å². The Morgan fingerprint density at radius 2 is 1.77 bits per heavy atom. The number of amides is 1. The van der Waals surface area contributed by atoms with Crippen LogP contribution in [0.1, 0.15) is 31.9 Å². The maximum absolute atomic E-state index is 11.7. The number of ether oxygens (including phenoxy) is 1. The highest BCUT2D eigenvalue weighted by Gasteiger charge is 2.20. The van der Waals surface area contributed by atoms with Crippen molar-refractivity contribution in [3.63, 3.8) is 0 Å². The molecule has 2 aromatic rings. The summed E-state index contributed by atoms with van der Waals surface area (Å²) >= 11 is 0. The SMILES string of the molecule is CCNC(=NCc1cccc(OCC(=O)N(C)C)c1)NCC(C)(C)c1ccccc1.I. The number of aliphatic imine (C=N–C) groups is 1. The second-order valence-corrected chi connectivity index (χ2v) is 8.02. The normalized spacial score (nSPS) is 11.3. The predicted molar refractivity (Wildman–Crippen MR) is 138 cm³/mol. The van der Waals surface area contributed by atoms with Crippen molar-refractivity contribution in [3.05, 3.63) is 65.7 Å². The largest absolute Gasteiger partial charge is 0.484 e. The van der Waals surface area contributed by atoms with E-state index in [1.54, 1.807) is 14.1 Å². The van der Waals surface area contributed by atoms with Gasteiger partial charge in [0.1, 0.15) is 5.75 Å². The lowest BCUT2D eigenvalue weighted by atomic mass is 9.85. The Hall–Kier alpha value is -2.29. The number of benzene rings is 2. The van der Waals surface area contributed by atoms with Gasteiger partial charge in [0, 0.05) is 32.6 Å². The Labute approximate surface area is 203 Å². The number of likely N-dealkylation sites (N-methyl/N-ethyl adjacent to an activating group) is 1. The summed E-state index contributed by atoms with van der Waals surface area (Å²) in [5.74, 6) is 1.37. The van der Waals surface area contributed by atoms with Gasteiger partial charge in [-0.25, -0.2) is 4.99 Å². The Morgan fingerprint density at radius 1 is 1.06 bits per heavy atom. The van der Waals surface area contributed by atoms with E-state index in [0.29, 0.717) is 12.3 Å². The van der Waals surface area contributed by atoms with Gasteiger partial charge in [-0.2, -0.15) is 0 Å². The molecule has 0 aliphatic carbocycles. The Bertz CT molecular complexity index is 838. The van der Waals surface area contributed by atoms with Crippen LogP contribution in [-0.2, 0) is 16.8 Å².